The normalized spacial score (nSPS) is 10.6. The molecular weight excluding hydrogens is 390 g/mol. The molecule has 3 aromatic rings. The van der Waals surface area contributed by atoms with Crippen LogP contribution in [0.25, 0.3) is 16.2 Å². The number of benzene rings is 2. The Kier molecular flexibility index (Phi) is 7.85. The minimum Gasteiger partial charge on any atom is -0.382 e. The molecule has 0 aliphatic rings. The number of unbranched alkanes of at least 4 members (excludes halogenated alkanes) is 2. The highest BCUT2D eigenvalue weighted by Gasteiger charge is 2.22. The van der Waals surface area contributed by atoms with E-state index in [0.717, 1.165) is 41.8 Å². The van der Waals surface area contributed by atoms with Gasteiger partial charge < -0.3 is 15.9 Å². The zero-order valence-electron chi connectivity index (χ0n) is 17.8. The first-order valence-corrected chi connectivity index (χ1v) is 10.5. The number of carbonyl (C=O) groups is 1. The molecule has 0 spiro atoms. The average Bonchev–Trinajstić information content (AvgIpc) is 3.23. The Morgan fingerprint density at radius 2 is 1.87 bits per heavy atom. The summed E-state index contributed by atoms with van der Waals surface area (Å²) in [5, 5.41) is 11.5. The summed E-state index contributed by atoms with van der Waals surface area (Å²) < 4.78 is 0. The minimum absolute atomic E-state index is 0.0620. The Morgan fingerprint density at radius 3 is 2.55 bits per heavy atom. The van der Waals surface area contributed by atoms with Crippen LogP contribution >= 0.6 is 0 Å². The monoisotopic (exact) mass is 418 g/mol. The average molecular weight is 419 g/mol. The summed E-state index contributed by atoms with van der Waals surface area (Å²) in [5.41, 5.74) is 9.29. The molecule has 0 radical (unpaired) electrons. The maximum atomic E-state index is 12.0. The minimum atomic E-state index is 0.0620. The fraction of sp³-hybridized carbons (Fsp3) is 0.348. The molecule has 0 aliphatic carbocycles. The van der Waals surface area contributed by atoms with Gasteiger partial charge in [0.05, 0.1) is 10.2 Å². The number of tetrazole rings is 1. The molecule has 8 nitrogen and oxygen atoms in total. The lowest BCUT2D eigenvalue weighted by Crippen LogP contribution is -2.43. The van der Waals surface area contributed by atoms with Crippen molar-refractivity contribution in [2.24, 2.45) is 5.73 Å². The van der Waals surface area contributed by atoms with Crippen molar-refractivity contribution in [2.45, 2.75) is 39.0 Å². The Morgan fingerprint density at radius 1 is 1.13 bits per heavy atom. The van der Waals surface area contributed by atoms with Gasteiger partial charge in [0.15, 0.2) is 5.69 Å². The van der Waals surface area contributed by atoms with E-state index in [4.69, 9.17) is 12.3 Å². The number of hydrogen-bond acceptors (Lipinski definition) is 4. The number of hydrogen-bond donors (Lipinski definition) is 2. The van der Waals surface area contributed by atoms with Gasteiger partial charge in [-0.3, -0.25) is 4.79 Å². The Balaban J connectivity index is 1.64. The smallest absolute Gasteiger partial charge is 0.382 e. The van der Waals surface area contributed by atoms with Crippen molar-refractivity contribution < 1.29 is 9.59 Å². The van der Waals surface area contributed by atoms with E-state index in [9.17, 15) is 4.79 Å². The van der Waals surface area contributed by atoms with Crippen LogP contribution in [0.1, 0.15) is 36.8 Å². The number of amides is 1. The summed E-state index contributed by atoms with van der Waals surface area (Å²) in [6.45, 7) is 10.7. The van der Waals surface area contributed by atoms with Gasteiger partial charge in [-0.2, -0.15) is 0 Å². The van der Waals surface area contributed by atoms with Crippen LogP contribution in [-0.2, 0) is 11.2 Å². The zero-order chi connectivity index (χ0) is 22.1. The largest absolute Gasteiger partial charge is 0.475 e. The van der Waals surface area contributed by atoms with Crippen molar-refractivity contribution >= 4 is 11.9 Å². The van der Waals surface area contributed by atoms with Gasteiger partial charge >= 0.3 is 5.95 Å². The van der Waals surface area contributed by atoms with Crippen LogP contribution in [0.2, 0.25) is 0 Å². The lowest BCUT2D eigenvalue weighted by atomic mass is 10.1. The molecule has 0 atom stereocenters. The van der Waals surface area contributed by atoms with E-state index < -0.39 is 0 Å². The molecule has 0 saturated carbocycles. The van der Waals surface area contributed by atoms with Crippen molar-refractivity contribution in [3.8, 4) is 11.4 Å². The maximum Gasteiger partial charge on any atom is 0.475 e. The number of nitrogens with zero attached hydrogens (tertiary/aromatic N) is 5. The SMILES string of the molecule is [C-]#[N+]c1nn(-c2ccc(CCC(=O)NCCCCCN)cc2)[n+](-c2ccc(C)cc2)n1. The van der Waals surface area contributed by atoms with E-state index in [1.54, 1.807) is 9.59 Å². The molecule has 8 heteroatoms. The summed E-state index contributed by atoms with van der Waals surface area (Å²) in [4.78, 5) is 18.6. The van der Waals surface area contributed by atoms with E-state index in [1.165, 1.54) is 0 Å². The Hall–Kier alpha value is -3.57. The molecule has 0 unspecified atom stereocenters. The molecular formula is C23H28N7O+. The Bertz CT molecular complexity index is 1030. The molecule has 3 rings (SSSR count). The second-order valence-electron chi connectivity index (χ2n) is 7.39. The number of carbonyl (C=O) groups excluding carboxylic acids is 1. The fourth-order valence-electron chi connectivity index (χ4n) is 3.15. The second kappa shape index (κ2) is 11.0. The van der Waals surface area contributed by atoms with Gasteiger partial charge in [0.1, 0.15) is 5.69 Å². The first kappa shape index (κ1) is 22.1. The topological polar surface area (TPSA) is 94.1 Å². The van der Waals surface area contributed by atoms with Crippen molar-refractivity contribution in [1.82, 2.24) is 20.3 Å². The van der Waals surface area contributed by atoms with Crippen molar-refractivity contribution in [3.63, 3.8) is 0 Å². The molecule has 0 aliphatic heterocycles. The van der Waals surface area contributed by atoms with Crippen LogP contribution in [0.15, 0.2) is 48.5 Å². The number of aromatic nitrogens is 4. The molecule has 160 valence electrons. The van der Waals surface area contributed by atoms with Crippen LogP contribution in [0.4, 0.5) is 5.95 Å². The molecule has 3 N–H and O–H groups in total. The van der Waals surface area contributed by atoms with Gasteiger partial charge in [0, 0.05) is 22.6 Å². The van der Waals surface area contributed by atoms with Crippen LogP contribution in [0.3, 0.4) is 0 Å². The first-order chi connectivity index (χ1) is 15.1. The first-order valence-electron chi connectivity index (χ1n) is 10.5. The van der Waals surface area contributed by atoms with Gasteiger partial charge in [-0.15, -0.1) is 6.57 Å². The number of aryl methyl sites for hydroxylation is 2. The summed E-state index contributed by atoms with van der Waals surface area (Å²) in [6.07, 6.45) is 4.11. The molecule has 2 aromatic carbocycles. The maximum absolute atomic E-state index is 12.0. The molecule has 0 saturated heterocycles. The fourth-order valence-corrected chi connectivity index (χ4v) is 3.15. The molecule has 1 amide bonds. The number of nitrogens with two attached hydrogens (primary N) is 1. The molecule has 0 fully saturated rings. The van der Waals surface area contributed by atoms with Gasteiger partial charge in [-0.25, -0.2) is 0 Å². The Labute approximate surface area is 182 Å². The molecule has 31 heavy (non-hydrogen) atoms. The van der Waals surface area contributed by atoms with E-state index in [0.29, 0.717) is 25.9 Å². The highest BCUT2D eigenvalue weighted by molar-refractivity contribution is 5.76. The summed E-state index contributed by atoms with van der Waals surface area (Å²) >= 11 is 0. The highest BCUT2D eigenvalue weighted by atomic mass is 16.1. The molecule has 1 aromatic heterocycles. The van der Waals surface area contributed by atoms with Crippen molar-refractivity contribution in [2.75, 3.05) is 13.1 Å². The number of nitrogens with one attached hydrogen (secondary N) is 1. The summed E-state index contributed by atoms with van der Waals surface area (Å²) in [5.74, 6) is 0.139. The van der Waals surface area contributed by atoms with E-state index in [2.05, 4.69) is 20.4 Å². The lowest BCUT2D eigenvalue weighted by molar-refractivity contribution is -0.734. The third-order valence-corrected chi connectivity index (χ3v) is 4.92. The highest BCUT2D eigenvalue weighted by Crippen LogP contribution is 2.12. The van der Waals surface area contributed by atoms with Gasteiger partial charge in [0.25, 0.3) is 0 Å². The molecule has 1 heterocycles. The van der Waals surface area contributed by atoms with Crippen LogP contribution < -0.4 is 15.8 Å². The summed E-state index contributed by atoms with van der Waals surface area (Å²) in [7, 11) is 0. The van der Waals surface area contributed by atoms with Gasteiger partial charge in [-0.1, -0.05) is 36.2 Å². The summed E-state index contributed by atoms with van der Waals surface area (Å²) in [6, 6.07) is 15.7. The number of rotatable bonds is 10. The second-order valence-corrected chi connectivity index (χ2v) is 7.39. The lowest BCUT2D eigenvalue weighted by Gasteiger charge is -2.06. The van der Waals surface area contributed by atoms with Gasteiger partial charge in [0.2, 0.25) is 5.91 Å². The molecule has 0 bridgehead atoms. The van der Waals surface area contributed by atoms with E-state index in [-0.39, 0.29) is 11.9 Å². The van der Waals surface area contributed by atoms with E-state index in [1.807, 2.05) is 55.5 Å². The van der Waals surface area contributed by atoms with Crippen LogP contribution in [0.5, 0.6) is 0 Å². The quantitative estimate of drug-likeness (QED) is 0.301. The predicted octanol–water partition coefficient (Wildman–Crippen LogP) is 2.58. The third-order valence-electron chi connectivity index (χ3n) is 4.92. The van der Waals surface area contributed by atoms with Crippen LogP contribution in [0, 0.1) is 13.5 Å². The zero-order valence-corrected chi connectivity index (χ0v) is 17.8. The van der Waals surface area contributed by atoms with Gasteiger partial charge in [-0.05, 0) is 62.6 Å². The van der Waals surface area contributed by atoms with Crippen molar-refractivity contribution in [1.29, 1.82) is 0 Å². The standard InChI is InChI=1S/C23H27N7O/c1-18-6-11-20(12-7-18)29-27-23(25-2)28-30(29)21-13-8-19(9-14-21)10-15-22(31)26-17-5-3-4-16-24/h6-9,11-14H,3-5,10,15-17,24H2,1H3/p+1. The van der Waals surface area contributed by atoms with Crippen LogP contribution in [-0.4, -0.2) is 34.0 Å². The van der Waals surface area contributed by atoms with E-state index >= 15 is 0 Å². The third kappa shape index (κ3) is 6.20. The predicted molar refractivity (Wildman–Crippen MR) is 118 cm³/mol. The van der Waals surface area contributed by atoms with Crippen molar-refractivity contribution in [3.05, 3.63) is 71.1 Å².